The lowest BCUT2D eigenvalue weighted by Crippen LogP contribution is -2.40. The van der Waals surface area contributed by atoms with E-state index in [0.29, 0.717) is 6.04 Å². The molecule has 0 radical (unpaired) electrons. The topological polar surface area (TPSA) is 42.1 Å². The highest BCUT2D eigenvalue weighted by Crippen LogP contribution is 2.24. The van der Waals surface area contributed by atoms with Gasteiger partial charge in [0, 0.05) is 24.8 Å². The molecule has 3 nitrogen and oxygen atoms in total. The SMILES string of the molecule is NC1CCN(c2ccc3c(n2)CCC3)CC1. The number of anilines is 1. The first-order valence-corrected chi connectivity index (χ1v) is 6.32. The molecule has 1 saturated heterocycles. The molecule has 0 bridgehead atoms. The number of rotatable bonds is 1. The van der Waals surface area contributed by atoms with Gasteiger partial charge in [0.05, 0.1) is 0 Å². The Kier molecular flexibility index (Phi) is 2.56. The first-order valence-electron chi connectivity index (χ1n) is 6.32. The van der Waals surface area contributed by atoms with Gasteiger partial charge in [-0.1, -0.05) is 6.07 Å². The number of hydrogen-bond donors (Lipinski definition) is 1. The van der Waals surface area contributed by atoms with Gasteiger partial charge in [0.25, 0.3) is 0 Å². The molecule has 3 heteroatoms. The lowest BCUT2D eigenvalue weighted by molar-refractivity contribution is 0.498. The smallest absolute Gasteiger partial charge is 0.128 e. The summed E-state index contributed by atoms with van der Waals surface area (Å²) in [5, 5.41) is 0. The van der Waals surface area contributed by atoms with Crippen LogP contribution in [0.25, 0.3) is 0 Å². The maximum absolute atomic E-state index is 5.92. The van der Waals surface area contributed by atoms with Crippen molar-refractivity contribution in [3.63, 3.8) is 0 Å². The van der Waals surface area contributed by atoms with Gasteiger partial charge < -0.3 is 10.6 Å². The van der Waals surface area contributed by atoms with E-state index in [1.165, 1.54) is 24.1 Å². The fraction of sp³-hybridized carbons (Fsp3) is 0.615. The van der Waals surface area contributed by atoms with E-state index in [9.17, 15) is 0 Å². The molecule has 86 valence electrons. The van der Waals surface area contributed by atoms with Gasteiger partial charge in [0.15, 0.2) is 0 Å². The van der Waals surface area contributed by atoms with Gasteiger partial charge in [0.1, 0.15) is 5.82 Å². The first-order chi connectivity index (χ1) is 7.83. The van der Waals surface area contributed by atoms with Crippen molar-refractivity contribution in [3.05, 3.63) is 23.4 Å². The van der Waals surface area contributed by atoms with E-state index in [0.717, 1.165) is 38.2 Å². The number of hydrogen-bond acceptors (Lipinski definition) is 3. The zero-order chi connectivity index (χ0) is 11.0. The molecular formula is C13H19N3. The highest BCUT2D eigenvalue weighted by atomic mass is 15.2. The van der Waals surface area contributed by atoms with Crippen LogP contribution in [-0.4, -0.2) is 24.1 Å². The third kappa shape index (κ3) is 1.80. The van der Waals surface area contributed by atoms with Crippen LogP contribution < -0.4 is 10.6 Å². The van der Waals surface area contributed by atoms with E-state index in [2.05, 4.69) is 17.0 Å². The van der Waals surface area contributed by atoms with Crippen molar-refractivity contribution < 1.29 is 0 Å². The van der Waals surface area contributed by atoms with Crippen LogP contribution in [0.15, 0.2) is 12.1 Å². The fourth-order valence-electron chi connectivity index (χ4n) is 2.71. The summed E-state index contributed by atoms with van der Waals surface area (Å²) in [6, 6.07) is 4.84. The maximum Gasteiger partial charge on any atom is 0.128 e. The number of piperidine rings is 1. The molecule has 0 atom stereocenters. The molecule has 1 aliphatic heterocycles. The van der Waals surface area contributed by atoms with Crippen LogP contribution in [0.4, 0.5) is 5.82 Å². The van der Waals surface area contributed by atoms with Crippen LogP contribution >= 0.6 is 0 Å². The number of aromatic nitrogens is 1. The number of nitrogens with zero attached hydrogens (tertiary/aromatic N) is 2. The van der Waals surface area contributed by atoms with E-state index >= 15 is 0 Å². The zero-order valence-corrected chi connectivity index (χ0v) is 9.65. The third-order valence-corrected chi connectivity index (χ3v) is 3.78. The van der Waals surface area contributed by atoms with Crippen LogP contribution in [0.2, 0.25) is 0 Å². The molecule has 0 unspecified atom stereocenters. The van der Waals surface area contributed by atoms with Crippen molar-refractivity contribution in [2.24, 2.45) is 5.73 Å². The fourth-order valence-corrected chi connectivity index (χ4v) is 2.71. The van der Waals surface area contributed by atoms with Crippen molar-refractivity contribution in [1.29, 1.82) is 0 Å². The Labute approximate surface area is 96.7 Å². The molecule has 1 aromatic rings. The monoisotopic (exact) mass is 217 g/mol. The maximum atomic E-state index is 5.92. The first kappa shape index (κ1) is 10.1. The van der Waals surface area contributed by atoms with Crippen molar-refractivity contribution in [2.75, 3.05) is 18.0 Å². The second kappa shape index (κ2) is 4.06. The quantitative estimate of drug-likeness (QED) is 0.775. The molecule has 3 rings (SSSR count). The Hall–Kier alpha value is -1.09. The normalized spacial score (nSPS) is 21.2. The molecular weight excluding hydrogens is 198 g/mol. The van der Waals surface area contributed by atoms with E-state index in [1.807, 2.05) is 0 Å². The summed E-state index contributed by atoms with van der Waals surface area (Å²) in [7, 11) is 0. The van der Waals surface area contributed by atoms with Gasteiger partial charge in [-0.2, -0.15) is 0 Å². The van der Waals surface area contributed by atoms with Crippen LogP contribution in [0.1, 0.15) is 30.5 Å². The Balaban J connectivity index is 1.79. The van der Waals surface area contributed by atoms with Gasteiger partial charge in [-0.05, 0) is 43.7 Å². The van der Waals surface area contributed by atoms with Gasteiger partial charge in [-0.3, -0.25) is 0 Å². The predicted molar refractivity (Wildman–Crippen MR) is 65.7 cm³/mol. The second-order valence-electron chi connectivity index (χ2n) is 4.95. The highest BCUT2D eigenvalue weighted by Gasteiger charge is 2.19. The number of fused-ring (bicyclic) bond motifs is 1. The predicted octanol–water partition coefficient (Wildman–Crippen LogP) is 1.50. The number of nitrogens with two attached hydrogens (primary N) is 1. The standard InChI is InChI=1S/C13H19N3/c14-11-6-8-16(9-7-11)13-5-4-10-2-1-3-12(10)15-13/h4-5,11H,1-3,6-9,14H2. The minimum Gasteiger partial charge on any atom is -0.356 e. The average Bonchev–Trinajstić information content (AvgIpc) is 2.77. The Bertz CT molecular complexity index is 381. The van der Waals surface area contributed by atoms with Crippen LogP contribution in [0, 0.1) is 0 Å². The summed E-state index contributed by atoms with van der Waals surface area (Å²) < 4.78 is 0. The Morgan fingerprint density at radius 3 is 2.81 bits per heavy atom. The van der Waals surface area contributed by atoms with Crippen LogP contribution in [0.5, 0.6) is 0 Å². The molecule has 2 aliphatic rings. The lowest BCUT2D eigenvalue weighted by Gasteiger charge is -2.31. The molecule has 2 N–H and O–H groups in total. The second-order valence-corrected chi connectivity index (χ2v) is 4.95. The summed E-state index contributed by atoms with van der Waals surface area (Å²) in [4.78, 5) is 7.16. The molecule has 0 saturated carbocycles. The molecule has 16 heavy (non-hydrogen) atoms. The zero-order valence-electron chi connectivity index (χ0n) is 9.65. The van der Waals surface area contributed by atoms with Crippen molar-refractivity contribution in [3.8, 4) is 0 Å². The average molecular weight is 217 g/mol. The third-order valence-electron chi connectivity index (χ3n) is 3.78. The van der Waals surface area contributed by atoms with E-state index in [1.54, 1.807) is 0 Å². The van der Waals surface area contributed by atoms with Crippen LogP contribution in [-0.2, 0) is 12.8 Å². The summed E-state index contributed by atoms with van der Waals surface area (Å²) in [6.45, 7) is 2.12. The molecule has 0 amide bonds. The molecule has 0 aromatic carbocycles. The molecule has 1 fully saturated rings. The van der Waals surface area contributed by atoms with Crippen molar-refractivity contribution >= 4 is 5.82 Å². The summed E-state index contributed by atoms with van der Waals surface area (Å²) in [5.74, 6) is 1.16. The molecule has 1 aliphatic carbocycles. The summed E-state index contributed by atoms with van der Waals surface area (Å²) in [5.41, 5.74) is 8.70. The minimum atomic E-state index is 0.394. The van der Waals surface area contributed by atoms with Gasteiger partial charge in [-0.15, -0.1) is 0 Å². The lowest BCUT2D eigenvalue weighted by atomic mass is 10.1. The van der Waals surface area contributed by atoms with E-state index < -0.39 is 0 Å². The number of aryl methyl sites for hydroxylation is 2. The van der Waals surface area contributed by atoms with Gasteiger partial charge in [0.2, 0.25) is 0 Å². The Morgan fingerprint density at radius 1 is 1.19 bits per heavy atom. The van der Waals surface area contributed by atoms with E-state index in [-0.39, 0.29) is 0 Å². The van der Waals surface area contributed by atoms with Crippen molar-refractivity contribution in [2.45, 2.75) is 38.1 Å². The summed E-state index contributed by atoms with van der Waals surface area (Å²) >= 11 is 0. The van der Waals surface area contributed by atoms with Crippen LogP contribution in [0.3, 0.4) is 0 Å². The van der Waals surface area contributed by atoms with Gasteiger partial charge in [-0.25, -0.2) is 4.98 Å². The Morgan fingerprint density at radius 2 is 2.00 bits per heavy atom. The summed E-state index contributed by atoms with van der Waals surface area (Å²) in [6.07, 6.45) is 5.85. The van der Waals surface area contributed by atoms with E-state index in [4.69, 9.17) is 10.7 Å². The number of pyridine rings is 1. The molecule has 1 aromatic heterocycles. The molecule has 2 heterocycles. The minimum absolute atomic E-state index is 0.394. The highest BCUT2D eigenvalue weighted by molar-refractivity contribution is 5.43. The molecule has 0 spiro atoms. The van der Waals surface area contributed by atoms with Gasteiger partial charge >= 0.3 is 0 Å². The largest absolute Gasteiger partial charge is 0.356 e. The van der Waals surface area contributed by atoms with Crippen molar-refractivity contribution in [1.82, 2.24) is 4.98 Å².